The summed E-state index contributed by atoms with van der Waals surface area (Å²) in [5.41, 5.74) is 5.49. The maximum absolute atomic E-state index is 2.45. The molecule has 0 radical (unpaired) electrons. The Kier molecular flexibility index (Phi) is 11.1. The van der Waals surface area contributed by atoms with Gasteiger partial charge in [-0.05, 0) is 29.0 Å². The number of hydrogen-bond donors (Lipinski definition) is 0. The molecule has 6 aromatic rings. The summed E-state index contributed by atoms with van der Waals surface area (Å²) in [5.74, 6) is 0. The molecule has 1 heterocycles. The zero-order valence-corrected chi connectivity index (χ0v) is 26.2. The van der Waals surface area contributed by atoms with Gasteiger partial charge in [-0.1, -0.05) is 99.1 Å². The van der Waals surface area contributed by atoms with Crippen LogP contribution in [0.4, 0.5) is 0 Å². The van der Waals surface area contributed by atoms with E-state index in [9.17, 15) is 0 Å². The fourth-order valence-electron chi connectivity index (χ4n) is 5.28. The molecule has 4 heteroatoms. The van der Waals surface area contributed by atoms with Gasteiger partial charge < -0.3 is 24.8 Å². The zero-order valence-electron chi connectivity index (χ0n) is 21.4. The van der Waals surface area contributed by atoms with Crippen molar-refractivity contribution in [2.45, 2.75) is 19.8 Å². The summed E-state index contributed by atoms with van der Waals surface area (Å²) >= 11 is 0. The van der Waals surface area contributed by atoms with Gasteiger partial charge in [0.05, 0.1) is 0 Å². The minimum absolute atomic E-state index is 0. The molecular formula is C34H29Cl2PZr. The van der Waals surface area contributed by atoms with Crippen molar-refractivity contribution in [1.82, 2.24) is 0 Å². The Bertz CT molecular complexity index is 1600. The Hall–Kier alpha value is -2.01. The molecule has 6 aromatic carbocycles. The molecule has 0 N–H and O–H groups in total. The van der Waals surface area contributed by atoms with Gasteiger partial charge in [0.2, 0.25) is 0 Å². The van der Waals surface area contributed by atoms with Crippen LogP contribution in [0.5, 0.6) is 0 Å². The maximum Gasteiger partial charge on any atom is 4.00 e. The van der Waals surface area contributed by atoms with Gasteiger partial charge in [0.1, 0.15) is 0 Å². The summed E-state index contributed by atoms with van der Waals surface area (Å²) in [6.07, 6.45) is 3.93. The Morgan fingerprint density at radius 1 is 0.658 bits per heavy atom. The summed E-state index contributed by atoms with van der Waals surface area (Å²) < 4.78 is 0. The largest absolute Gasteiger partial charge is 4.00 e. The van der Waals surface area contributed by atoms with Crippen LogP contribution in [0.25, 0.3) is 43.8 Å². The van der Waals surface area contributed by atoms with Crippen LogP contribution in [-0.2, 0) is 26.2 Å². The molecule has 0 nitrogen and oxygen atoms in total. The molecule has 0 aromatic heterocycles. The fourth-order valence-corrected chi connectivity index (χ4v) is 8.02. The number of unbranched alkanes of at least 4 members (excludes halogenated alkanes) is 1. The molecule has 38 heavy (non-hydrogen) atoms. The van der Waals surface area contributed by atoms with Gasteiger partial charge in [-0.3, -0.25) is 0 Å². The van der Waals surface area contributed by atoms with E-state index in [0.29, 0.717) is 0 Å². The van der Waals surface area contributed by atoms with Gasteiger partial charge in [-0.25, -0.2) is 0 Å². The van der Waals surface area contributed by atoms with Crippen LogP contribution in [0.3, 0.4) is 0 Å². The standard InChI is InChI=1S/C19H18P.C15H11.2ClH.Zr/c1-2-3-11-20-15-12-14-7-6-9-16(18(14)13-15)17-8-4-5-10-19(17)20;1-2-6-12(7-3-1)14-10-4-8-13-9-5-11-15(13)14;;;/h4-10,12-13H,2-3,11H2,1H3;1-11H;2*1H;/q2*-1;;;+4/p-2. The molecule has 2 bridgehead atoms. The normalized spacial score (nSPS) is 12.8. The third kappa shape index (κ3) is 5.93. The third-order valence-corrected chi connectivity index (χ3v) is 9.65. The minimum Gasteiger partial charge on any atom is -1.00 e. The molecule has 0 spiro atoms. The Morgan fingerprint density at radius 2 is 1.34 bits per heavy atom. The first-order chi connectivity index (χ1) is 17.3. The molecule has 0 saturated heterocycles. The smallest absolute Gasteiger partial charge is 1.00 e. The number of halogens is 2. The topological polar surface area (TPSA) is 0 Å². The molecule has 1 aliphatic heterocycles. The molecule has 1 atom stereocenters. The predicted octanol–water partition coefficient (Wildman–Crippen LogP) is 3.00. The second kappa shape index (κ2) is 13.9. The van der Waals surface area contributed by atoms with Crippen LogP contribution < -0.4 is 35.4 Å². The second-order valence-electron chi connectivity index (χ2n) is 9.24. The van der Waals surface area contributed by atoms with Crippen molar-refractivity contribution >= 4 is 40.1 Å². The Morgan fingerprint density at radius 3 is 2.13 bits per heavy atom. The Labute approximate surface area is 258 Å². The van der Waals surface area contributed by atoms with E-state index < -0.39 is 0 Å². The predicted molar refractivity (Wildman–Crippen MR) is 156 cm³/mol. The molecule has 0 amide bonds. The average molecular weight is 631 g/mol. The monoisotopic (exact) mass is 628 g/mol. The van der Waals surface area contributed by atoms with E-state index in [2.05, 4.69) is 128 Å². The number of benzene rings is 4. The van der Waals surface area contributed by atoms with E-state index >= 15 is 0 Å². The first-order valence-corrected chi connectivity index (χ1v) is 14.1. The van der Waals surface area contributed by atoms with E-state index in [-0.39, 0.29) is 58.9 Å². The third-order valence-electron chi connectivity index (χ3n) is 7.03. The van der Waals surface area contributed by atoms with Gasteiger partial charge in [-0.15, -0.1) is 63.2 Å². The van der Waals surface area contributed by atoms with Gasteiger partial charge in [0.25, 0.3) is 0 Å². The molecule has 0 aliphatic carbocycles. The minimum atomic E-state index is -0.178. The van der Waals surface area contributed by atoms with Crippen molar-refractivity contribution in [3.8, 4) is 22.3 Å². The molecule has 1 aliphatic rings. The van der Waals surface area contributed by atoms with Gasteiger partial charge in [-0.2, -0.15) is 18.2 Å². The van der Waals surface area contributed by atoms with Gasteiger partial charge >= 0.3 is 26.2 Å². The summed E-state index contributed by atoms with van der Waals surface area (Å²) in [4.78, 5) is 0. The van der Waals surface area contributed by atoms with Crippen molar-refractivity contribution in [3.63, 3.8) is 0 Å². The number of hydrogen-bond acceptors (Lipinski definition) is 0. The first-order valence-electron chi connectivity index (χ1n) is 12.6. The first kappa shape index (κ1) is 30.5. The van der Waals surface area contributed by atoms with Crippen LogP contribution in [0.15, 0.2) is 121 Å². The van der Waals surface area contributed by atoms with Crippen LogP contribution in [-0.4, -0.2) is 6.16 Å². The maximum atomic E-state index is 2.45. The zero-order chi connectivity index (χ0) is 23.6. The van der Waals surface area contributed by atoms with Crippen molar-refractivity contribution in [3.05, 3.63) is 121 Å². The summed E-state index contributed by atoms with van der Waals surface area (Å²) in [5, 5.41) is 8.66. The van der Waals surface area contributed by atoms with E-state index in [1.807, 2.05) is 0 Å². The number of rotatable bonds is 4. The Balaban J connectivity index is 0.000000202. The molecule has 188 valence electrons. The molecular weight excluding hydrogens is 601 g/mol. The molecule has 0 saturated carbocycles. The van der Waals surface area contributed by atoms with Crippen LogP contribution in [0.2, 0.25) is 0 Å². The fraction of sp³-hybridized carbons (Fsp3) is 0.118. The van der Waals surface area contributed by atoms with E-state index in [1.54, 1.807) is 10.6 Å². The van der Waals surface area contributed by atoms with E-state index in [1.165, 1.54) is 62.8 Å². The van der Waals surface area contributed by atoms with E-state index in [0.717, 1.165) is 0 Å². The van der Waals surface area contributed by atoms with Crippen LogP contribution in [0, 0.1) is 0 Å². The van der Waals surface area contributed by atoms with Crippen molar-refractivity contribution in [2.75, 3.05) is 6.16 Å². The molecule has 7 rings (SSSR count). The average Bonchev–Trinajstić information content (AvgIpc) is 3.54. The van der Waals surface area contributed by atoms with Gasteiger partial charge in [0, 0.05) is 0 Å². The quantitative estimate of drug-likeness (QED) is 0.208. The van der Waals surface area contributed by atoms with Gasteiger partial charge in [0.15, 0.2) is 0 Å². The number of fused-ring (bicyclic) bond motifs is 4. The van der Waals surface area contributed by atoms with E-state index in [4.69, 9.17) is 0 Å². The van der Waals surface area contributed by atoms with Crippen molar-refractivity contribution < 1.29 is 51.0 Å². The summed E-state index contributed by atoms with van der Waals surface area (Å²) in [6, 6.07) is 44.1. The summed E-state index contributed by atoms with van der Waals surface area (Å²) in [7, 11) is -0.178. The van der Waals surface area contributed by atoms with Crippen molar-refractivity contribution in [2.24, 2.45) is 0 Å². The molecule has 1 unspecified atom stereocenters. The second-order valence-corrected chi connectivity index (χ2v) is 11.5. The molecule has 0 fully saturated rings. The SMILES string of the molecule is CCCCP1c2cc3c(cccc3[cH-]2)-c2ccccc21.[Cl-].[Cl-].[Zr+4].c1ccc(-c2cccc3[cH-]ccc23)cc1. The van der Waals surface area contributed by atoms with Crippen LogP contribution >= 0.6 is 7.92 Å². The van der Waals surface area contributed by atoms with Crippen molar-refractivity contribution in [1.29, 1.82) is 0 Å². The summed E-state index contributed by atoms with van der Waals surface area (Å²) in [6.45, 7) is 2.29. The van der Waals surface area contributed by atoms with Crippen LogP contribution in [0.1, 0.15) is 19.8 Å².